The Kier molecular flexibility index (Phi) is 6.38. The van der Waals surface area contributed by atoms with Crippen LogP contribution in [0.4, 0.5) is 25.4 Å². The third-order valence-electron chi connectivity index (χ3n) is 4.35. The van der Waals surface area contributed by atoms with E-state index in [1.165, 1.54) is 25.4 Å². The molecule has 0 aliphatic carbocycles. The van der Waals surface area contributed by atoms with Crippen LogP contribution in [0.2, 0.25) is 0 Å². The first-order valence-electron chi connectivity index (χ1n) is 8.86. The average molecular weight is 387 g/mol. The van der Waals surface area contributed by atoms with Crippen molar-refractivity contribution in [1.29, 1.82) is 0 Å². The van der Waals surface area contributed by atoms with Crippen molar-refractivity contribution in [3.05, 3.63) is 54.1 Å². The van der Waals surface area contributed by atoms with E-state index in [9.17, 15) is 14.0 Å². The molecule has 2 N–H and O–H groups in total. The maximum atomic E-state index is 14.0. The van der Waals surface area contributed by atoms with Crippen molar-refractivity contribution < 1.29 is 18.7 Å². The third kappa shape index (κ3) is 5.40. The van der Waals surface area contributed by atoms with Crippen LogP contribution in [0.1, 0.15) is 5.56 Å². The first kappa shape index (κ1) is 19.6. The van der Waals surface area contributed by atoms with Crippen molar-refractivity contribution in [3.63, 3.8) is 0 Å². The summed E-state index contributed by atoms with van der Waals surface area (Å²) in [5.41, 5.74) is 1.65. The zero-order valence-corrected chi connectivity index (χ0v) is 15.5. The lowest BCUT2D eigenvalue weighted by atomic mass is 10.1. The minimum atomic E-state index is -0.476. The summed E-state index contributed by atoms with van der Waals surface area (Å²) in [6.07, 6.45) is 2.79. The Morgan fingerprint density at radius 3 is 2.57 bits per heavy atom. The molecular weight excluding hydrogens is 365 g/mol. The van der Waals surface area contributed by atoms with Crippen molar-refractivity contribution >= 4 is 23.5 Å². The number of nitrogens with one attached hydrogen (secondary N) is 2. The van der Waals surface area contributed by atoms with Gasteiger partial charge in [-0.25, -0.2) is 14.0 Å². The van der Waals surface area contributed by atoms with Gasteiger partial charge in [-0.05, 0) is 35.9 Å². The maximum absolute atomic E-state index is 14.0. The lowest BCUT2D eigenvalue weighted by Gasteiger charge is -2.33. The first-order chi connectivity index (χ1) is 13.5. The molecule has 0 bridgehead atoms. The van der Waals surface area contributed by atoms with Crippen molar-refractivity contribution in [1.82, 2.24) is 14.8 Å². The fourth-order valence-electron chi connectivity index (χ4n) is 3.02. The van der Waals surface area contributed by atoms with Crippen LogP contribution in [0.3, 0.4) is 0 Å². The Morgan fingerprint density at radius 2 is 1.89 bits per heavy atom. The number of methoxy groups -OCH3 is 1. The number of amides is 3. The summed E-state index contributed by atoms with van der Waals surface area (Å²) in [4.78, 5) is 31.3. The van der Waals surface area contributed by atoms with Crippen molar-refractivity contribution in [2.75, 3.05) is 43.9 Å². The molecule has 28 heavy (non-hydrogen) atoms. The molecule has 1 fully saturated rings. The van der Waals surface area contributed by atoms with Crippen LogP contribution in [0.25, 0.3) is 0 Å². The van der Waals surface area contributed by atoms with E-state index < -0.39 is 11.8 Å². The molecule has 1 aliphatic rings. The summed E-state index contributed by atoms with van der Waals surface area (Å²) in [5, 5.41) is 5.27. The zero-order chi connectivity index (χ0) is 19.9. The molecule has 3 amide bonds. The molecule has 1 aliphatic heterocycles. The monoisotopic (exact) mass is 387 g/mol. The van der Waals surface area contributed by atoms with Crippen LogP contribution in [-0.2, 0) is 11.3 Å². The summed E-state index contributed by atoms with van der Waals surface area (Å²) in [6.45, 7) is 2.96. The second-order valence-electron chi connectivity index (χ2n) is 6.40. The topological polar surface area (TPSA) is 86.8 Å². The molecular formula is C19H22FN5O3. The van der Waals surface area contributed by atoms with Crippen LogP contribution in [0.5, 0.6) is 0 Å². The highest BCUT2D eigenvalue weighted by atomic mass is 19.1. The maximum Gasteiger partial charge on any atom is 0.409 e. The number of carbonyl (C=O) groups excluding carboxylic acids is 2. The van der Waals surface area contributed by atoms with Crippen LogP contribution < -0.4 is 10.6 Å². The summed E-state index contributed by atoms with van der Waals surface area (Å²) in [5.74, 6) is -0.428. The van der Waals surface area contributed by atoms with E-state index in [2.05, 4.69) is 20.5 Å². The second-order valence-corrected chi connectivity index (χ2v) is 6.40. The van der Waals surface area contributed by atoms with Gasteiger partial charge in [-0.3, -0.25) is 9.88 Å². The minimum Gasteiger partial charge on any atom is -0.453 e. The highest BCUT2D eigenvalue weighted by Gasteiger charge is 2.21. The molecule has 0 spiro atoms. The first-order valence-corrected chi connectivity index (χ1v) is 8.86. The van der Waals surface area contributed by atoms with Crippen molar-refractivity contribution in [2.45, 2.75) is 6.54 Å². The lowest BCUT2D eigenvalue weighted by molar-refractivity contribution is 0.0889. The molecule has 148 valence electrons. The number of ether oxygens (including phenoxy) is 1. The highest BCUT2D eigenvalue weighted by Crippen LogP contribution is 2.17. The van der Waals surface area contributed by atoms with Crippen molar-refractivity contribution in [3.8, 4) is 0 Å². The van der Waals surface area contributed by atoms with Gasteiger partial charge in [-0.15, -0.1) is 0 Å². The van der Waals surface area contributed by atoms with Crippen LogP contribution in [0, 0.1) is 5.82 Å². The Balaban J connectivity index is 1.57. The highest BCUT2D eigenvalue weighted by molar-refractivity contribution is 5.99. The quantitative estimate of drug-likeness (QED) is 0.842. The largest absolute Gasteiger partial charge is 0.453 e. The van der Waals surface area contributed by atoms with Crippen LogP contribution >= 0.6 is 0 Å². The molecule has 1 saturated heterocycles. The molecule has 3 rings (SSSR count). The van der Waals surface area contributed by atoms with E-state index in [1.54, 1.807) is 29.3 Å². The van der Waals surface area contributed by atoms with Gasteiger partial charge in [0.1, 0.15) is 5.82 Å². The van der Waals surface area contributed by atoms with Gasteiger partial charge in [0.05, 0.1) is 19.0 Å². The number of hydrogen-bond donors (Lipinski definition) is 2. The van der Waals surface area contributed by atoms with E-state index >= 15 is 0 Å². The number of benzene rings is 1. The number of piperazine rings is 1. The molecule has 0 radical (unpaired) electrons. The Labute approximate surface area is 162 Å². The normalized spacial score (nSPS) is 14.4. The van der Waals surface area contributed by atoms with Gasteiger partial charge in [-0.2, -0.15) is 0 Å². The number of carbonyl (C=O) groups is 2. The number of hydrogen-bond acceptors (Lipinski definition) is 5. The van der Waals surface area contributed by atoms with Gasteiger partial charge >= 0.3 is 12.1 Å². The van der Waals surface area contributed by atoms with Crippen molar-refractivity contribution in [2.24, 2.45) is 0 Å². The molecule has 0 unspecified atom stereocenters. The predicted molar refractivity (Wildman–Crippen MR) is 103 cm³/mol. The summed E-state index contributed by atoms with van der Waals surface area (Å²) < 4.78 is 18.7. The number of aromatic nitrogens is 1. The van der Waals surface area contributed by atoms with Gasteiger partial charge in [0.15, 0.2) is 0 Å². The average Bonchev–Trinajstić information content (AvgIpc) is 2.68. The summed E-state index contributed by atoms with van der Waals surface area (Å²) in [6, 6.07) is 7.38. The second kappa shape index (κ2) is 9.14. The zero-order valence-electron chi connectivity index (χ0n) is 15.5. The van der Waals surface area contributed by atoms with Gasteiger partial charge in [-0.1, -0.05) is 0 Å². The van der Waals surface area contributed by atoms with Crippen LogP contribution in [0.15, 0.2) is 42.7 Å². The van der Waals surface area contributed by atoms with E-state index in [0.717, 1.165) is 5.56 Å². The number of nitrogens with zero attached hydrogens (tertiary/aromatic N) is 3. The Morgan fingerprint density at radius 1 is 1.14 bits per heavy atom. The van der Waals surface area contributed by atoms with E-state index in [4.69, 9.17) is 4.74 Å². The number of rotatable bonds is 4. The summed E-state index contributed by atoms with van der Waals surface area (Å²) in [7, 11) is 1.36. The van der Waals surface area contributed by atoms with Gasteiger partial charge in [0.2, 0.25) is 0 Å². The minimum absolute atomic E-state index is 0.337. The van der Waals surface area contributed by atoms with E-state index in [1.807, 2.05) is 0 Å². The molecule has 0 saturated carbocycles. The fourth-order valence-corrected chi connectivity index (χ4v) is 3.02. The molecule has 1 aromatic carbocycles. The molecule has 0 atom stereocenters. The standard InChI is InChI=1S/C19H22FN5O3/c1-28-19(27)25-7-5-24(6-8-25)13-14-9-15(20)11-17(10-14)23-18(26)22-16-3-2-4-21-12-16/h2-4,9-12H,5-8,13H2,1H3,(H2,22,23,26). The SMILES string of the molecule is COC(=O)N1CCN(Cc2cc(F)cc(NC(=O)Nc3cccnc3)c2)CC1. The Bertz CT molecular complexity index is 826. The lowest BCUT2D eigenvalue weighted by Crippen LogP contribution is -2.48. The van der Waals surface area contributed by atoms with Gasteiger partial charge < -0.3 is 20.3 Å². The van der Waals surface area contributed by atoms with E-state index in [-0.39, 0.29) is 6.09 Å². The van der Waals surface area contributed by atoms with Gasteiger partial charge in [0, 0.05) is 44.6 Å². The number of urea groups is 1. The number of anilines is 2. The van der Waals surface area contributed by atoms with E-state index in [0.29, 0.717) is 44.1 Å². The number of halogens is 1. The molecule has 9 heteroatoms. The fraction of sp³-hybridized carbons (Fsp3) is 0.316. The molecule has 8 nitrogen and oxygen atoms in total. The molecule has 1 aromatic heterocycles. The predicted octanol–water partition coefficient (Wildman–Crippen LogP) is 2.75. The third-order valence-corrected chi connectivity index (χ3v) is 4.35. The Hall–Kier alpha value is -3.20. The molecule has 2 heterocycles. The smallest absolute Gasteiger partial charge is 0.409 e. The van der Waals surface area contributed by atoms with Gasteiger partial charge in [0.25, 0.3) is 0 Å². The number of pyridine rings is 1. The molecule has 2 aromatic rings. The summed E-state index contributed by atoms with van der Waals surface area (Å²) >= 11 is 0. The van der Waals surface area contributed by atoms with Crippen LogP contribution in [-0.4, -0.2) is 60.2 Å².